The highest BCUT2D eigenvalue weighted by Crippen LogP contribution is 2.09. The van der Waals surface area contributed by atoms with E-state index in [1.165, 1.54) is 0 Å². The van der Waals surface area contributed by atoms with Gasteiger partial charge in [-0.05, 0) is 32.4 Å². The Hall–Kier alpha value is -2.10. The fourth-order valence-electron chi connectivity index (χ4n) is 1.78. The van der Waals surface area contributed by atoms with Crippen molar-refractivity contribution in [3.8, 4) is 0 Å². The van der Waals surface area contributed by atoms with Crippen LogP contribution in [0.25, 0.3) is 0 Å². The first-order valence-electron chi connectivity index (χ1n) is 6.34. The summed E-state index contributed by atoms with van der Waals surface area (Å²) >= 11 is 0. The van der Waals surface area contributed by atoms with Gasteiger partial charge in [-0.3, -0.25) is 4.57 Å². The van der Waals surface area contributed by atoms with E-state index in [9.17, 15) is 4.79 Å². The molecule has 0 aliphatic heterocycles. The van der Waals surface area contributed by atoms with Gasteiger partial charge in [0.25, 0.3) is 0 Å². The molecule has 100 valence electrons. The van der Waals surface area contributed by atoms with E-state index in [0.717, 1.165) is 5.56 Å². The van der Waals surface area contributed by atoms with Crippen LogP contribution in [-0.2, 0) is 6.54 Å². The summed E-state index contributed by atoms with van der Waals surface area (Å²) in [7, 11) is 0. The highest BCUT2D eigenvalue weighted by molar-refractivity contribution is 5.34. The Kier molecular flexibility index (Phi) is 3.69. The molecule has 0 aliphatic rings. The molecule has 1 N–H and O–H groups in total. The van der Waals surface area contributed by atoms with Crippen LogP contribution in [0.2, 0.25) is 0 Å². The number of benzene rings is 1. The summed E-state index contributed by atoms with van der Waals surface area (Å²) in [5.74, 6) is 0.613. The lowest BCUT2D eigenvalue weighted by atomic mass is 10.1. The van der Waals surface area contributed by atoms with Gasteiger partial charge in [-0.25, -0.2) is 4.79 Å². The van der Waals surface area contributed by atoms with Crippen molar-refractivity contribution >= 4 is 5.82 Å². The largest absolute Gasteiger partial charge is 0.365 e. The molecule has 19 heavy (non-hydrogen) atoms. The summed E-state index contributed by atoms with van der Waals surface area (Å²) in [6.45, 7) is 6.64. The first-order chi connectivity index (χ1) is 8.94. The van der Waals surface area contributed by atoms with Crippen LogP contribution in [0.5, 0.6) is 0 Å². The Labute approximate surface area is 113 Å². The number of aromatic nitrogens is 2. The molecular formula is C15H19N3O. The Morgan fingerprint density at radius 1 is 1.16 bits per heavy atom. The lowest BCUT2D eigenvalue weighted by Crippen LogP contribution is -2.30. The summed E-state index contributed by atoms with van der Waals surface area (Å²) in [6, 6.07) is 11.7. The molecule has 0 bridgehead atoms. The standard InChI is InChI=1S/C15H19N3O/c1-15(2,3)17-13-9-10-18(14(19)16-13)11-12-7-5-4-6-8-12/h4-10H,11H2,1-3H3,(H,16,17,19). The maximum absolute atomic E-state index is 11.9. The third-order valence-corrected chi connectivity index (χ3v) is 2.57. The molecule has 2 aromatic rings. The van der Waals surface area contributed by atoms with Crippen molar-refractivity contribution in [1.29, 1.82) is 0 Å². The molecule has 0 aliphatic carbocycles. The number of hydrogen-bond acceptors (Lipinski definition) is 3. The minimum Gasteiger partial charge on any atom is -0.365 e. The number of nitrogens with one attached hydrogen (secondary N) is 1. The predicted octanol–water partition coefficient (Wildman–Crippen LogP) is 2.50. The minimum atomic E-state index is -0.238. The molecule has 1 aromatic heterocycles. The number of rotatable bonds is 3. The molecule has 0 fully saturated rings. The Bertz CT molecular complexity index is 597. The van der Waals surface area contributed by atoms with Crippen molar-refractivity contribution < 1.29 is 0 Å². The van der Waals surface area contributed by atoms with E-state index >= 15 is 0 Å². The highest BCUT2D eigenvalue weighted by atomic mass is 16.1. The van der Waals surface area contributed by atoms with Gasteiger partial charge in [0.1, 0.15) is 5.82 Å². The van der Waals surface area contributed by atoms with Crippen LogP contribution in [0.1, 0.15) is 26.3 Å². The van der Waals surface area contributed by atoms with E-state index in [1.807, 2.05) is 57.2 Å². The van der Waals surface area contributed by atoms with E-state index in [0.29, 0.717) is 12.4 Å². The summed E-state index contributed by atoms with van der Waals surface area (Å²) in [5.41, 5.74) is 0.742. The maximum Gasteiger partial charge on any atom is 0.349 e. The van der Waals surface area contributed by atoms with Gasteiger partial charge in [0, 0.05) is 11.7 Å². The van der Waals surface area contributed by atoms with Crippen molar-refractivity contribution in [1.82, 2.24) is 9.55 Å². The fourth-order valence-corrected chi connectivity index (χ4v) is 1.78. The monoisotopic (exact) mass is 257 g/mol. The molecule has 4 heteroatoms. The van der Waals surface area contributed by atoms with Crippen LogP contribution in [-0.4, -0.2) is 15.1 Å². The van der Waals surface area contributed by atoms with Crippen LogP contribution >= 0.6 is 0 Å². The normalized spacial score (nSPS) is 11.3. The zero-order valence-corrected chi connectivity index (χ0v) is 11.6. The van der Waals surface area contributed by atoms with E-state index in [2.05, 4.69) is 10.3 Å². The molecule has 4 nitrogen and oxygen atoms in total. The fraction of sp³-hybridized carbons (Fsp3) is 0.333. The van der Waals surface area contributed by atoms with Gasteiger partial charge in [-0.2, -0.15) is 4.98 Å². The molecule has 0 radical (unpaired) electrons. The Morgan fingerprint density at radius 3 is 2.42 bits per heavy atom. The van der Waals surface area contributed by atoms with Crippen molar-refractivity contribution in [2.45, 2.75) is 32.9 Å². The van der Waals surface area contributed by atoms with Gasteiger partial charge >= 0.3 is 5.69 Å². The predicted molar refractivity (Wildman–Crippen MR) is 77.4 cm³/mol. The van der Waals surface area contributed by atoms with Gasteiger partial charge in [-0.15, -0.1) is 0 Å². The second-order valence-electron chi connectivity index (χ2n) is 5.58. The molecule has 1 aromatic carbocycles. The quantitative estimate of drug-likeness (QED) is 0.919. The second kappa shape index (κ2) is 5.26. The van der Waals surface area contributed by atoms with Crippen molar-refractivity contribution in [2.24, 2.45) is 0 Å². The van der Waals surface area contributed by atoms with Crippen LogP contribution in [0.15, 0.2) is 47.4 Å². The molecule has 0 unspecified atom stereocenters. The molecule has 2 rings (SSSR count). The van der Waals surface area contributed by atoms with Gasteiger partial charge in [-0.1, -0.05) is 30.3 Å². The lowest BCUT2D eigenvalue weighted by molar-refractivity contribution is 0.625. The summed E-state index contributed by atoms with van der Waals surface area (Å²) in [4.78, 5) is 16.0. The third-order valence-electron chi connectivity index (χ3n) is 2.57. The zero-order valence-electron chi connectivity index (χ0n) is 11.6. The summed E-state index contributed by atoms with van der Waals surface area (Å²) in [5, 5.41) is 3.19. The van der Waals surface area contributed by atoms with Crippen molar-refractivity contribution in [2.75, 3.05) is 5.32 Å². The first-order valence-corrected chi connectivity index (χ1v) is 6.34. The SMILES string of the molecule is CC(C)(C)Nc1ccn(Cc2ccccc2)c(=O)n1. The summed E-state index contributed by atoms with van der Waals surface area (Å²) < 4.78 is 1.60. The second-order valence-corrected chi connectivity index (χ2v) is 5.58. The molecule has 0 amide bonds. The summed E-state index contributed by atoms with van der Waals surface area (Å²) in [6.07, 6.45) is 1.77. The van der Waals surface area contributed by atoms with Gasteiger partial charge in [0.2, 0.25) is 0 Å². The molecule has 0 saturated carbocycles. The van der Waals surface area contributed by atoms with Gasteiger partial charge in [0.15, 0.2) is 0 Å². The first kappa shape index (κ1) is 13.3. The van der Waals surface area contributed by atoms with Crippen LogP contribution in [0, 0.1) is 0 Å². The Balaban J connectivity index is 2.18. The van der Waals surface area contributed by atoms with Crippen molar-refractivity contribution in [3.05, 3.63) is 58.6 Å². The Morgan fingerprint density at radius 2 is 1.84 bits per heavy atom. The molecule has 0 saturated heterocycles. The average Bonchev–Trinajstić information content (AvgIpc) is 2.32. The lowest BCUT2D eigenvalue weighted by Gasteiger charge is -2.21. The zero-order chi connectivity index (χ0) is 13.9. The molecule has 0 atom stereocenters. The molecule has 1 heterocycles. The topological polar surface area (TPSA) is 46.9 Å². The van der Waals surface area contributed by atoms with E-state index in [-0.39, 0.29) is 11.2 Å². The third kappa shape index (κ3) is 3.95. The minimum absolute atomic E-state index is 0.106. The van der Waals surface area contributed by atoms with E-state index in [1.54, 1.807) is 10.8 Å². The maximum atomic E-state index is 11.9. The molecular weight excluding hydrogens is 238 g/mol. The van der Waals surface area contributed by atoms with E-state index in [4.69, 9.17) is 0 Å². The van der Waals surface area contributed by atoms with Crippen molar-refractivity contribution in [3.63, 3.8) is 0 Å². The average molecular weight is 257 g/mol. The van der Waals surface area contributed by atoms with Gasteiger partial charge in [0.05, 0.1) is 6.54 Å². The van der Waals surface area contributed by atoms with E-state index < -0.39 is 0 Å². The number of hydrogen-bond donors (Lipinski definition) is 1. The van der Waals surface area contributed by atoms with Crippen LogP contribution < -0.4 is 11.0 Å². The smallest absolute Gasteiger partial charge is 0.349 e. The van der Waals surface area contributed by atoms with Crippen LogP contribution in [0.4, 0.5) is 5.82 Å². The van der Waals surface area contributed by atoms with Gasteiger partial charge < -0.3 is 5.32 Å². The molecule has 0 spiro atoms. The van der Waals surface area contributed by atoms with Crippen LogP contribution in [0.3, 0.4) is 0 Å². The number of nitrogens with zero attached hydrogens (tertiary/aromatic N) is 2. The highest BCUT2D eigenvalue weighted by Gasteiger charge is 2.10. The number of anilines is 1.